The molecule has 0 atom stereocenters. The number of phenols is 1. The summed E-state index contributed by atoms with van der Waals surface area (Å²) in [6.45, 7) is 0.480. The average molecular weight is 210 g/mol. The van der Waals surface area contributed by atoms with Gasteiger partial charge in [-0.25, -0.2) is 4.79 Å². The Bertz CT molecular complexity index is 424. The second-order valence-corrected chi connectivity index (χ2v) is 3.18. The minimum absolute atomic E-state index is 0.190. The predicted molar refractivity (Wildman–Crippen MR) is 50.8 cm³/mol. The zero-order chi connectivity index (χ0) is 11.0. The Hall–Kier alpha value is -1.91. The van der Waals surface area contributed by atoms with E-state index in [4.69, 9.17) is 14.6 Å². The van der Waals surface area contributed by atoms with Crippen LogP contribution in [0.25, 0.3) is 0 Å². The summed E-state index contributed by atoms with van der Waals surface area (Å²) < 4.78 is 10.2. The van der Waals surface area contributed by atoms with Crippen molar-refractivity contribution in [3.05, 3.63) is 17.2 Å². The lowest BCUT2D eigenvalue weighted by Gasteiger charge is -2.10. The van der Waals surface area contributed by atoms with Crippen LogP contribution < -0.4 is 9.47 Å². The van der Waals surface area contributed by atoms with Crippen molar-refractivity contribution in [3.8, 4) is 17.2 Å². The monoisotopic (exact) mass is 210 g/mol. The lowest BCUT2D eigenvalue weighted by atomic mass is 10.1. The van der Waals surface area contributed by atoms with Gasteiger partial charge in [0.1, 0.15) is 22.8 Å². The average Bonchev–Trinajstić information content (AvgIpc) is 2.62. The summed E-state index contributed by atoms with van der Waals surface area (Å²) in [6.07, 6.45) is 0.596. The molecule has 0 fully saturated rings. The van der Waals surface area contributed by atoms with Gasteiger partial charge in [-0.3, -0.25) is 0 Å². The number of hydrogen-bond donors (Lipinski definition) is 2. The summed E-state index contributed by atoms with van der Waals surface area (Å²) >= 11 is 0. The van der Waals surface area contributed by atoms with Gasteiger partial charge in [-0.05, 0) is 0 Å². The van der Waals surface area contributed by atoms with E-state index in [1.807, 2.05) is 0 Å². The van der Waals surface area contributed by atoms with Gasteiger partial charge in [-0.15, -0.1) is 0 Å². The second kappa shape index (κ2) is 3.34. The van der Waals surface area contributed by atoms with Crippen molar-refractivity contribution in [1.29, 1.82) is 0 Å². The molecule has 0 radical (unpaired) electrons. The van der Waals surface area contributed by atoms with Gasteiger partial charge in [0.15, 0.2) is 0 Å². The first kappa shape index (κ1) is 9.64. The number of carbonyl (C=O) groups is 1. The van der Waals surface area contributed by atoms with E-state index < -0.39 is 5.97 Å². The molecule has 1 aliphatic heterocycles. The number of methoxy groups -OCH3 is 1. The van der Waals surface area contributed by atoms with Gasteiger partial charge in [0.25, 0.3) is 0 Å². The molecule has 0 saturated heterocycles. The molecule has 1 aliphatic rings. The molecule has 0 aliphatic carbocycles. The zero-order valence-electron chi connectivity index (χ0n) is 8.11. The summed E-state index contributed by atoms with van der Waals surface area (Å²) in [5.41, 5.74) is 0.495. The van der Waals surface area contributed by atoms with E-state index in [0.29, 0.717) is 24.3 Å². The smallest absolute Gasteiger partial charge is 0.343 e. The molecule has 0 aromatic heterocycles. The standard InChI is InChI=1S/C10H10O5/c1-14-9-5-2-3-15-7(5)4-6(11)8(9)10(12)13/h4,11H,2-3H2,1H3,(H,12,13). The van der Waals surface area contributed by atoms with E-state index in [1.165, 1.54) is 13.2 Å². The molecule has 5 nitrogen and oxygen atoms in total. The SMILES string of the molecule is COc1c2c(cc(O)c1C(=O)O)OCC2. The first-order chi connectivity index (χ1) is 7.15. The number of ether oxygens (including phenoxy) is 2. The fourth-order valence-electron chi connectivity index (χ4n) is 1.72. The Kier molecular flexibility index (Phi) is 2.15. The summed E-state index contributed by atoms with van der Waals surface area (Å²) in [7, 11) is 1.37. The maximum atomic E-state index is 10.9. The summed E-state index contributed by atoms with van der Waals surface area (Å²) in [5, 5.41) is 18.4. The highest BCUT2D eigenvalue weighted by Crippen LogP contribution is 2.41. The van der Waals surface area contributed by atoms with Crippen molar-refractivity contribution < 1.29 is 24.5 Å². The number of rotatable bonds is 2. The Morgan fingerprint density at radius 2 is 2.33 bits per heavy atom. The third-order valence-corrected chi connectivity index (χ3v) is 2.35. The van der Waals surface area contributed by atoms with Crippen LogP contribution >= 0.6 is 0 Å². The van der Waals surface area contributed by atoms with E-state index in [2.05, 4.69) is 0 Å². The summed E-state index contributed by atoms with van der Waals surface area (Å²) in [5.74, 6) is -0.858. The molecule has 1 aromatic carbocycles. The fraction of sp³-hybridized carbons (Fsp3) is 0.300. The number of carboxylic acid groups (broad SMARTS) is 1. The van der Waals surface area contributed by atoms with E-state index in [1.54, 1.807) is 0 Å². The van der Waals surface area contributed by atoms with Crippen molar-refractivity contribution in [2.45, 2.75) is 6.42 Å². The lowest BCUT2D eigenvalue weighted by Crippen LogP contribution is -2.03. The van der Waals surface area contributed by atoms with Gasteiger partial charge in [-0.2, -0.15) is 0 Å². The predicted octanol–water partition coefficient (Wildman–Crippen LogP) is 1.03. The van der Waals surface area contributed by atoms with E-state index in [-0.39, 0.29) is 17.1 Å². The van der Waals surface area contributed by atoms with Crippen molar-refractivity contribution in [2.24, 2.45) is 0 Å². The van der Waals surface area contributed by atoms with Crippen molar-refractivity contribution in [1.82, 2.24) is 0 Å². The van der Waals surface area contributed by atoms with Crippen LogP contribution in [0.3, 0.4) is 0 Å². The van der Waals surface area contributed by atoms with Crippen LogP contribution in [0.15, 0.2) is 6.07 Å². The van der Waals surface area contributed by atoms with Gasteiger partial charge >= 0.3 is 5.97 Å². The van der Waals surface area contributed by atoms with Crippen LogP contribution in [-0.4, -0.2) is 29.9 Å². The molecule has 2 rings (SSSR count). The summed E-state index contributed by atoms with van der Waals surface area (Å²) in [4.78, 5) is 10.9. The largest absolute Gasteiger partial charge is 0.507 e. The molecule has 1 heterocycles. The Morgan fingerprint density at radius 3 is 2.93 bits per heavy atom. The fourth-order valence-corrected chi connectivity index (χ4v) is 1.72. The van der Waals surface area contributed by atoms with E-state index in [9.17, 15) is 9.90 Å². The van der Waals surface area contributed by atoms with Crippen molar-refractivity contribution in [2.75, 3.05) is 13.7 Å². The lowest BCUT2D eigenvalue weighted by molar-refractivity contribution is 0.0690. The molecule has 0 unspecified atom stereocenters. The maximum Gasteiger partial charge on any atom is 0.343 e. The molecule has 1 aromatic rings. The Morgan fingerprint density at radius 1 is 1.60 bits per heavy atom. The molecular weight excluding hydrogens is 200 g/mol. The molecule has 0 bridgehead atoms. The minimum Gasteiger partial charge on any atom is -0.507 e. The van der Waals surface area contributed by atoms with Crippen LogP contribution in [0.2, 0.25) is 0 Å². The van der Waals surface area contributed by atoms with Gasteiger partial charge in [0, 0.05) is 18.1 Å². The number of aromatic carboxylic acids is 1. The van der Waals surface area contributed by atoms with E-state index in [0.717, 1.165) is 0 Å². The number of benzene rings is 1. The number of hydrogen-bond acceptors (Lipinski definition) is 4. The number of aromatic hydroxyl groups is 1. The zero-order valence-corrected chi connectivity index (χ0v) is 8.11. The Labute approximate surface area is 85.9 Å². The molecule has 5 heteroatoms. The Balaban J connectivity index is 2.69. The van der Waals surface area contributed by atoms with Gasteiger partial charge < -0.3 is 19.7 Å². The first-order valence-corrected chi connectivity index (χ1v) is 4.44. The molecule has 0 spiro atoms. The highest BCUT2D eigenvalue weighted by molar-refractivity contribution is 5.95. The molecule has 2 N–H and O–H groups in total. The second-order valence-electron chi connectivity index (χ2n) is 3.18. The van der Waals surface area contributed by atoms with Crippen LogP contribution in [0.4, 0.5) is 0 Å². The highest BCUT2D eigenvalue weighted by Gasteiger charge is 2.26. The van der Waals surface area contributed by atoms with Crippen LogP contribution in [-0.2, 0) is 6.42 Å². The quantitative estimate of drug-likeness (QED) is 0.762. The van der Waals surface area contributed by atoms with Gasteiger partial charge in [-0.1, -0.05) is 0 Å². The molecule has 0 amide bonds. The summed E-state index contributed by atoms with van der Waals surface area (Å²) in [6, 6.07) is 1.31. The minimum atomic E-state index is -1.21. The molecule has 15 heavy (non-hydrogen) atoms. The molecule has 80 valence electrons. The van der Waals surface area contributed by atoms with Crippen LogP contribution in [0, 0.1) is 0 Å². The normalized spacial score (nSPS) is 13.1. The molecular formula is C10H10O5. The van der Waals surface area contributed by atoms with Gasteiger partial charge in [0.2, 0.25) is 0 Å². The van der Waals surface area contributed by atoms with Crippen molar-refractivity contribution in [3.63, 3.8) is 0 Å². The number of fused-ring (bicyclic) bond motifs is 1. The number of carboxylic acids is 1. The maximum absolute atomic E-state index is 10.9. The highest BCUT2D eigenvalue weighted by atomic mass is 16.5. The third-order valence-electron chi connectivity index (χ3n) is 2.35. The van der Waals surface area contributed by atoms with E-state index >= 15 is 0 Å². The topological polar surface area (TPSA) is 76.0 Å². The van der Waals surface area contributed by atoms with Crippen molar-refractivity contribution >= 4 is 5.97 Å². The van der Waals surface area contributed by atoms with Gasteiger partial charge in [0.05, 0.1) is 13.7 Å². The molecule has 0 saturated carbocycles. The van der Waals surface area contributed by atoms with Crippen LogP contribution in [0.1, 0.15) is 15.9 Å². The first-order valence-electron chi connectivity index (χ1n) is 4.44. The third kappa shape index (κ3) is 1.36. The van der Waals surface area contributed by atoms with Crippen LogP contribution in [0.5, 0.6) is 17.2 Å².